The molecule has 0 saturated carbocycles. The highest BCUT2D eigenvalue weighted by Gasteiger charge is 2.20. The van der Waals surface area contributed by atoms with Crippen LogP contribution in [0.2, 0.25) is 0 Å². The zero-order valence-corrected chi connectivity index (χ0v) is 14.4. The maximum atomic E-state index is 12.9. The molecule has 0 aliphatic heterocycles. The summed E-state index contributed by atoms with van der Waals surface area (Å²) in [5.41, 5.74) is 11.5. The number of aryl methyl sites for hydroxylation is 2. The fraction of sp³-hybridized carbons (Fsp3) is 0.105. The number of nitrogen functional groups attached to an aromatic ring is 1. The van der Waals surface area contributed by atoms with Crippen LogP contribution in [0, 0.1) is 13.8 Å². The molecule has 1 aromatic carbocycles. The molecule has 130 valence electrons. The number of hydrogen-bond donors (Lipinski definition) is 3. The number of fused-ring (bicyclic) bond motifs is 1. The van der Waals surface area contributed by atoms with Gasteiger partial charge in [-0.05, 0) is 37.6 Å². The first-order chi connectivity index (χ1) is 12.5. The number of aromatic amines is 1. The number of rotatable bonds is 3. The normalized spacial score (nSPS) is 11.0. The number of nitrogens with two attached hydrogens (primary N) is 1. The van der Waals surface area contributed by atoms with Crippen LogP contribution >= 0.6 is 0 Å². The number of anilines is 2. The van der Waals surface area contributed by atoms with Crippen molar-refractivity contribution in [1.29, 1.82) is 0 Å². The second kappa shape index (κ2) is 6.03. The molecule has 0 unspecified atom stereocenters. The van der Waals surface area contributed by atoms with E-state index in [2.05, 4.69) is 26.7 Å². The lowest BCUT2D eigenvalue weighted by molar-refractivity contribution is 0.102. The Kier molecular flexibility index (Phi) is 3.69. The summed E-state index contributed by atoms with van der Waals surface area (Å²) < 4.78 is 1.59. The lowest BCUT2D eigenvalue weighted by atomic mass is 10.0. The fourth-order valence-corrected chi connectivity index (χ4v) is 3.03. The molecule has 26 heavy (non-hydrogen) atoms. The van der Waals surface area contributed by atoms with Crippen LogP contribution in [0.4, 0.5) is 11.5 Å². The molecule has 0 bridgehead atoms. The first-order valence-electron chi connectivity index (χ1n) is 8.20. The van der Waals surface area contributed by atoms with E-state index >= 15 is 0 Å². The number of pyridine rings is 1. The van der Waals surface area contributed by atoms with Crippen LogP contribution in [0.15, 0.2) is 48.8 Å². The number of H-pyrrole nitrogens is 1. The van der Waals surface area contributed by atoms with E-state index in [0.717, 1.165) is 22.4 Å². The highest BCUT2D eigenvalue weighted by molar-refractivity contribution is 6.13. The molecule has 7 heteroatoms. The Morgan fingerprint density at radius 1 is 1.23 bits per heavy atom. The van der Waals surface area contributed by atoms with Crippen molar-refractivity contribution < 1.29 is 4.79 Å². The summed E-state index contributed by atoms with van der Waals surface area (Å²) in [6.07, 6.45) is 3.35. The van der Waals surface area contributed by atoms with Crippen LogP contribution in [0.25, 0.3) is 16.8 Å². The Hall–Kier alpha value is -3.61. The second-order valence-electron chi connectivity index (χ2n) is 6.22. The minimum atomic E-state index is -0.323. The van der Waals surface area contributed by atoms with Gasteiger partial charge < -0.3 is 11.1 Å². The average molecular weight is 346 g/mol. The predicted octanol–water partition coefficient (Wildman–Crippen LogP) is 3.18. The molecule has 4 rings (SSSR count). The van der Waals surface area contributed by atoms with Crippen LogP contribution in [-0.2, 0) is 0 Å². The molecule has 3 aromatic heterocycles. The van der Waals surface area contributed by atoms with Gasteiger partial charge in [0, 0.05) is 11.8 Å². The molecule has 0 saturated heterocycles. The van der Waals surface area contributed by atoms with Crippen molar-refractivity contribution in [2.24, 2.45) is 0 Å². The standard InChI is InChI=1S/C19H18N6O/c1-11-6-7-12(2)13(9-11)17-14(10-21-23-17)22-19(26)16-15-5-3-4-8-25(15)24-18(16)20/h3-10H,1-2H3,(H2,20,24)(H,21,23)(H,22,26). The number of carbonyl (C=O) groups is 1. The molecule has 4 N–H and O–H groups in total. The van der Waals surface area contributed by atoms with Crippen molar-refractivity contribution in [1.82, 2.24) is 19.8 Å². The number of amides is 1. The molecule has 3 heterocycles. The van der Waals surface area contributed by atoms with E-state index in [1.165, 1.54) is 0 Å². The number of carbonyl (C=O) groups excluding carboxylic acids is 1. The topological polar surface area (TPSA) is 101 Å². The molecule has 0 radical (unpaired) electrons. The highest BCUT2D eigenvalue weighted by Crippen LogP contribution is 2.30. The van der Waals surface area contributed by atoms with Gasteiger partial charge in [0.25, 0.3) is 5.91 Å². The summed E-state index contributed by atoms with van der Waals surface area (Å²) in [5.74, 6) is -0.137. The first kappa shape index (κ1) is 15.9. The van der Waals surface area contributed by atoms with Gasteiger partial charge in [0.2, 0.25) is 0 Å². The van der Waals surface area contributed by atoms with Gasteiger partial charge in [0.15, 0.2) is 5.82 Å². The molecule has 4 aromatic rings. The Bertz CT molecular complexity index is 1120. The van der Waals surface area contributed by atoms with Gasteiger partial charge in [-0.3, -0.25) is 9.89 Å². The van der Waals surface area contributed by atoms with Gasteiger partial charge in [0.05, 0.1) is 23.1 Å². The molecule has 0 fully saturated rings. The predicted molar refractivity (Wildman–Crippen MR) is 101 cm³/mol. The number of nitrogens with zero attached hydrogens (tertiary/aromatic N) is 3. The third-order valence-electron chi connectivity index (χ3n) is 4.34. The molecule has 7 nitrogen and oxygen atoms in total. The van der Waals surface area contributed by atoms with Gasteiger partial charge in [0.1, 0.15) is 5.56 Å². The maximum absolute atomic E-state index is 12.9. The molecule has 0 spiro atoms. The third kappa shape index (κ3) is 2.59. The Balaban J connectivity index is 1.73. The van der Waals surface area contributed by atoms with Crippen LogP contribution in [0.3, 0.4) is 0 Å². The van der Waals surface area contributed by atoms with E-state index in [1.807, 2.05) is 38.1 Å². The van der Waals surface area contributed by atoms with Crippen molar-refractivity contribution in [3.63, 3.8) is 0 Å². The van der Waals surface area contributed by atoms with Gasteiger partial charge in [-0.15, -0.1) is 5.10 Å². The first-order valence-corrected chi connectivity index (χ1v) is 8.20. The molecule has 0 aliphatic rings. The van der Waals surface area contributed by atoms with E-state index in [-0.39, 0.29) is 11.7 Å². The van der Waals surface area contributed by atoms with Crippen molar-refractivity contribution in [2.75, 3.05) is 11.1 Å². The molecule has 0 aliphatic carbocycles. The smallest absolute Gasteiger partial charge is 0.261 e. The minimum Gasteiger partial charge on any atom is -0.382 e. The number of aromatic nitrogens is 4. The third-order valence-corrected chi connectivity index (χ3v) is 4.34. The minimum absolute atomic E-state index is 0.186. The molecular formula is C19H18N6O. The molecular weight excluding hydrogens is 328 g/mol. The zero-order valence-electron chi connectivity index (χ0n) is 14.4. The number of hydrogen-bond acceptors (Lipinski definition) is 4. The van der Waals surface area contributed by atoms with Crippen LogP contribution in [0.1, 0.15) is 21.5 Å². The summed E-state index contributed by atoms with van der Waals surface area (Å²) in [7, 11) is 0. The quantitative estimate of drug-likeness (QED) is 0.530. The van der Waals surface area contributed by atoms with Crippen LogP contribution < -0.4 is 11.1 Å². The second-order valence-corrected chi connectivity index (χ2v) is 6.22. The van der Waals surface area contributed by atoms with Crippen LogP contribution in [0.5, 0.6) is 0 Å². The molecule has 0 atom stereocenters. The van der Waals surface area contributed by atoms with E-state index in [1.54, 1.807) is 23.0 Å². The van der Waals surface area contributed by atoms with Crippen molar-refractivity contribution in [2.45, 2.75) is 13.8 Å². The largest absolute Gasteiger partial charge is 0.382 e. The van der Waals surface area contributed by atoms with E-state index in [0.29, 0.717) is 16.8 Å². The van der Waals surface area contributed by atoms with E-state index in [9.17, 15) is 4.79 Å². The van der Waals surface area contributed by atoms with E-state index in [4.69, 9.17) is 5.73 Å². The Morgan fingerprint density at radius 3 is 2.92 bits per heavy atom. The fourth-order valence-electron chi connectivity index (χ4n) is 3.03. The Morgan fingerprint density at radius 2 is 2.08 bits per heavy atom. The Labute approximate surface area is 149 Å². The highest BCUT2D eigenvalue weighted by atomic mass is 16.1. The summed E-state index contributed by atoms with van der Waals surface area (Å²) in [6, 6.07) is 11.6. The molecule has 1 amide bonds. The monoisotopic (exact) mass is 346 g/mol. The van der Waals surface area contributed by atoms with Gasteiger partial charge in [-0.25, -0.2) is 4.52 Å². The van der Waals surface area contributed by atoms with Gasteiger partial charge >= 0.3 is 0 Å². The lowest BCUT2D eigenvalue weighted by Gasteiger charge is -2.09. The maximum Gasteiger partial charge on any atom is 0.261 e. The van der Waals surface area contributed by atoms with Crippen LogP contribution in [-0.4, -0.2) is 25.7 Å². The average Bonchev–Trinajstić information content (AvgIpc) is 3.20. The van der Waals surface area contributed by atoms with Gasteiger partial charge in [-0.1, -0.05) is 23.8 Å². The van der Waals surface area contributed by atoms with Crippen molar-refractivity contribution >= 4 is 22.9 Å². The van der Waals surface area contributed by atoms with E-state index < -0.39 is 0 Å². The van der Waals surface area contributed by atoms with Crippen molar-refractivity contribution in [3.8, 4) is 11.3 Å². The van der Waals surface area contributed by atoms with Gasteiger partial charge in [-0.2, -0.15) is 5.10 Å². The summed E-state index contributed by atoms with van der Waals surface area (Å²) in [4.78, 5) is 12.9. The lowest BCUT2D eigenvalue weighted by Crippen LogP contribution is -2.13. The number of benzene rings is 1. The van der Waals surface area contributed by atoms with Crippen molar-refractivity contribution in [3.05, 3.63) is 65.5 Å². The summed E-state index contributed by atoms with van der Waals surface area (Å²) >= 11 is 0. The SMILES string of the molecule is Cc1ccc(C)c(-c2[nH]ncc2NC(=O)c2c(N)nn3ccccc23)c1. The summed E-state index contributed by atoms with van der Waals surface area (Å²) in [6.45, 7) is 4.04. The summed E-state index contributed by atoms with van der Waals surface area (Å²) in [5, 5.41) is 14.2. The number of nitrogens with one attached hydrogen (secondary N) is 2. The zero-order chi connectivity index (χ0) is 18.3.